The van der Waals surface area contributed by atoms with E-state index in [1.807, 2.05) is 6.92 Å². The molecule has 0 aliphatic carbocycles. The first-order valence-corrected chi connectivity index (χ1v) is 6.60. The molecule has 1 aromatic carbocycles. The van der Waals surface area contributed by atoms with Crippen molar-refractivity contribution in [2.75, 3.05) is 26.2 Å². The zero-order valence-corrected chi connectivity index (χ0v) is 11.1. The highest BCUT2D eigenvalue weighted by Crippen LogP contribution is 2.24. The standard InChI is InChI=1S/C14H21FN2O2/c1-10-7-17(8-13(9-18)19-10)14(6-16)11-2-4-12(15)5-3-11/h2-5,10,13-14,18H,6-9,16H2,1H3. The fourth-order valence-corrected chi connectivity index (χ4v) is 2.62. The van der Waals surface area contributed by atoms with Crippen LogP contribution in [0.15, 0.2) is 24.3 Å². The molecule has 0 radical (unpaired) electrons. The third-order valence-corrected chi connectivity index (χ3v) is 3.48. The van der Waals surface area contributed by atoms with Crippen LogP contribution in [0.4, 0.5) is 4.39 Å². The summed E-state index contributed by atoms with van der Waals surface area (Å²) in [5.41, 5.74) is 6.86. The lowest BCUT2D eigenvalue weighted by Gasteiger charge is -2.40. The van der Waals surface area contributed by atoms with Gasteiger partial charge in [0.2, 0.25) is 0 Å². The van der Waals surface area contributed by atoms with Gasteiger partial charge in [0.1, 0.15) is 5.82 Å². The van der Waals surface area contributed by atoms with Crippen LogP contribution in [0.25, 0.3) is 0 Å². The van der Waals surface area contributed by atoms with E-state index in [4.69, 9.17) is 10.5 Å². The van der Waals surface area contributed by atoms with Crippen molar-refractivity contribution in [3.05, 3.63) is 35.6 Å². The molecule has 1 aromatic rings. The molecule has 1 saturated heterocycles. The van der Waals surface area contributed by atoms with Gasteiger partial charge in [-0.15, -0.1) is 0 Å². The van der Waals surface area contributed by atoms with Crippen LogP contribution in [0.2, 0.25) is 0 Å². The zero-order valence-electron chi connectivity index (χ0n) is 11.1. The minimum Gasteiger partial charge on any atom is -0.394 e. The van der Waals surface area contributed by atoms with E-state index in [2.05, 4.69) is 4.90 Å². The predicted octanol–water partition coefficient (Wildman–Crippen LogP) is 0.907. The molecule has 4 nitrogen and oxygen atoms in total. The van der Waals surface area contributed by atoms with Gasteiger partial charge in [0, 0.05) is 25.7 Å². The van der Waals surface area contributed by atoms with Crippen LogP contribution in [0.5, 0.6) is 0 Å². The van der Waals surface area contributed by atoms with Crippen molar-refractivity contribution in [2.45, 2.75) is 25.2 Å². The Hall–Kier alpha value is -1.01. The second kappa shape index (κ2) is 6.43. The normalized spacial score (nSPS) is 26.3. The molecule has 0 bridgehead atoms. The van der Waals surface area contributed by atoms with Gasteiger partial charge in [-0.25, -0.2) is 4.39 Å². The number of aliphatic hydroxyl groups is 1. The van der Waals surface area contributed by atoms with Crippen LogP contribution in [0, 0.1) is 5.82 Å². The number of hydrogen-bond acceptors (Lipinski definition) is 4. The fraction of sp³-hybridized carbons (Fsp3) is 0.571. The minimum absolute atomic E-state index is 0.00154. The van der Waals surface area contributed by atoms with Crippen LogP contribution in [0.3, 0.4) is 0 Å². The molecule has 3 atom stereocenters. The van der Waals surface area contributed by atoms with Crippen molar-refractivity contribution in [3.8, 4) is 0 Å². The highest BCUT2D eigenvalue weighted by Gasteiger charge is 2.29. The first kappa shape index (κ1) is 14.4. The number of benzene rings is 1. The maximum atomic E-state index is 13.0. The summed E-state index contributed by atoms with van der Waals surface area (Å²) in [6.45, 7) is 3.83. The molecule has 2 rings (SSSR count). The average Bonchev–Trinajstić information content (AvgIpc) is 2.41. The highest BCUT2D eigenvalue weighted by atomic mass is 19.1. The van der Waals surface area contributed by atoms with Crippen LogP contribution in [0.1, 0.15) is 18.5 Å². The molecule has 1 heterocycles. The Morgan fingerprint density at radius 2 is 2.11 bits per heavy atom. The molecule has 1 fully saturated rings. The lowest BCUT2D eigenvalue weighted by atomic mass is 10.0. The van der Waals surface area contributed by atoms with Gasteiger partial charge >= 0.3 is 0 Å². The molecule has 19 heavy (non-hydrogen) atoms. The number of morpholine rings is 1. The molecule has 1 aliphatic heterocycles. The largest absolute Gasteiger partial charge is 0.394 e. The Morgan fingerprint density at radius 1 is 1.42 bits per heavy atom. The summed E-state index contributed by atoms with van der Waals surface area (Å²) < 4.78 is 18.6. The third kappa shape index (κ3) is 3.51. The number of aliphatic hydroxyl groups excluding tert-OH is 1. The van der Waals surface area contributed by atoms with E-state index < -0.39 is 0 Å². The van der Waals surface area contributed by atoms with E-state index >= 15 is 0 Å². The van der Waals surface area contributed by atoms with Crippen molar-refractivity contribution in [1.29, 1.82) is 0 Å². The minimum atomic E-state index is -0.247. The second-order valence-electron chi connectivity index (χ2n) is 5.01. The number of nitrogens with zero attached hydrogens (tertiary/aromatic N) is 1. The van der Waals surface area contributed by atoms with E-state index in [-0.39, 0.29) is 30.7 Å². The summed E-state index contributed by atoms with van der Waals surface area (Å²) in [5, 5.41) is 9.26. The number of nitrogens with two attached hydrogens (primary N) is 1. The van der Waals surface area contributed by atoms with Gasteiger partial charge in [-0.3, -0.25) is 4.90 Å². The van der Waals surface area contributed by atoms with Gasteiger partial charge in [-0.05, 0) is 24.6 Å². The van der Waals surface area contributed by atoms with Crippen LogP contribution >= 0.6 is 0 Å². The van der Waals surface area contributed by atoms with Gasteiger partial charge in [0.05, 0.1) is 18.8 Å². The third-order valence-electron chi connectivity index (χ3n) is 3.48. The lowest BCUT2D eigenvalue weighted by Crippen LogP contribution is -2.50. The number of rotatable bonds is 4. The Balaban J connectivity index is 2.14. The fourth-order valence-electron chi connectivity index (χ4n) is 2.62. The first-order valence-electron chi connectivity index (χ1n) is 6.60. The molecule has 1 aliphatic rings. The molecular weight excluding hydrogens is 247 g/mol. The topological polar surface area (TPSA) is 58.7 Å². The quantitative estimate of drug-likeness (QED) is 0.852. The van der Waals surface area contributed by atoms with Crippen molar-refractivity contribution in [2.24, 2.45) is 5.73 Å². The van der Waals surface area contributed by atoms with Gasteiger partial charge in [0.25, 0.3) is 0 Å². The van der Waals surface area contributed by atoms with Gasteiger partial charge < -0.3 is 15.6 Å². The van der Waals surface area contributed by atoms with E-state index in [0.717, 1.165) is 12.1 Å². The van der Waals surface area contributed by atoms with Crippen molar-refractivity contribution in [3.63, 3.8) is 0 Å². The first-order chi connectivity index (χ1) is 9.13. The molecule has 106 valence electrons. The molecule has 0 aromatic heterocycles. The average molecular weight is 268 g/mol. The molecule has 5 heteroatoms. The van der Waals surface area contributed by atoms with Gasteiger partial charge in [-0.2, -0.15) is 0 Å². The summed E-state index contributed by atoms with van der Waals surface area (Å²) >= 11 is 0. The maximum Gasteiger partial charge on any atom is 0.123 e. The monoisotopic (exact) mass is 268 g/mol. The Kier molecular flexibility index (Phi) is 4.87. The van der Waals surface area contributed by atoms with Crippen molar-refractivity contribution >= 4 is 0 Å². The Bertz CT molecular complexity index is 399. The SMILES string of the molecule is CC1CN(C(CN)c2ccc(F)cc2)CC(CO)O1. The van der Waals surface area contributed by atoms with E-state index in [9.17, 15) is 9.50 Å². The molecule has 3 N–H and O–H groups in total. The smallest absolute Gasteiger partial charge is 0.123 e. The molecule has 3 unspecified atom stereocenters. The summed E-state index contributed by atoms with van der Waals surface area (Å²) in [7, 11) is 0. The summed E-state index contributed by atoms with van der Waals surface area (Å²) in [6, 6.07) is 6.46. The van der Waals surface area contributed by atoms with Crippen LogP contribution < -0.4 is 5.73 Å². The number of hydrogen-bond donors (Lipinski definition) is 2. The van der Waals surface area contributed by atoms with E-state index in [0.29, 0.717) is 13.1 Å². The Morgan fingerprint density at radius 3 is 2.68 bits per heavy atom. The molecular formula is C14H21FN2O2. The van der Waals surface area contributed by atoms with Crippen molar-refractivity contribution < 1.29 is 14.2 Å². The molecule has 0 saturated carbocycles. The molecule has 0 spiro atoms. The second-order valence-corrected chi connectivity index (χ2v) is 5.01. The van der Waals surface area contributed by atoms with Crippen molar-refractivity contribution in [1.82, 2.24) is 4.90 Å². The number of ether oxygens (including phenoxy) is 1. The highest BCUT2D eigenvalue weighted by molar-refractivity contribution is 5.20. The van der Waals surface area contributed by atoms with Crippen LogP contribution in [-0.4, -0.2) is 48.5 Å². The van der Waals surface area contributed by atoms with E-state index in [1.165, 1.54) is 12.1 Å². The van der Waals surface area contributed by atoms with Gasteiger partial charge in [-0.1, -0.05) is 12.1 Å². The van der Waals surface area contributed by atoms with Gasteiger partial charge in [0.15, 0.2) is 0 Å². The Labute approximate surface area is 113 Å². The maximum absolute atomic E-state index is 13.0. The summed E-state index contributed by atoms with van der Waals surface area (Å²) in [5.74, 6) is -0.247. The predicted molar refractivity (Wildman–Crippen MR) is 71.2 cm³/mol. The van der Waals surface area contributed by atoms with Crippen LogP contribution in [-0.2, 0) is 4.74 Å². The lowest BCUT2D eigenvalue weighted by molar-refractivity contribution is -0.105. The molecule has 0 amide bonds. The zero-order chi connectivity index (χ0) is 13.8. The summed E-state index contributed by atoms with van der Waals surface area (Å²) in [6.07, 6.45) is -0.126. The van der Waals surface area contributed by atoms with E-state index in [1.54, 1.807) is 12.1 Å². The number of halogens is 1. The summed E-state index contributed by atoms with van der Waals surface area (Å²) in [4.78, 5) is 2.20.